The van der Waals surface area contributed by atoms with Gasteiger partial charge in [-0.15, -0.1) is 11.3 Å². The maximum atomic E-state index is 13.7. The summed E-state index contributed by atoms with van der Waals surface area (Å²) in [6.07, 6.45) is 6.54. The fourth-order valence-electron chi connectivity index (χ4n) is 4.13. The third-order valence-corrected chi connectivity index (χ3v) is 7.04. The van der Waals surface area contributed by atoms with Gasteiger partial charge in [0.05, 0.1) is 5.69 Å². The fourth-order valence-corrected chi connectivity index (χ4v) is 5.01. The molecule has 195 valence electrons. The number of hydrogen-bond acceptors (Lipinski definition) is 9. The van der Waals surface area contributed by atoms with Crippen molar-refractivity contribution in [1.82, 2.24) is 24.9 Å². The molecule has 3 amide bonds. The van der Waals surface area contributed by atoms with Crippen molar-refractivity contribution >= 4 is 40.6 Å². The van der Waals surface area contributed by atoms with E-state index in [4.69, 9.17) is 5.84 Å². The van der Waals surface area contributed by atoms with Gasteiger partial charge in [0.25, 0.3) is 11.8 Å². The summed E-state index contributed by atoms with van der Waals surface area (Å²) in [4.78, 5) is 62.9. The highest BCUT2D eigenvalue weighted by Gasteiger charge is 2.37. The normalized spacial score (nSPS) is 14.4. The standard InChI is InChI=1S/C24H34N7O4S/c1-14(2)9-18(11-32)31(22(34)20-16(5)30(13-26-20)23(35)28-25)21(33)19-12-36-24(27-19)29(10-15(3)4)17-7-6-8-17/h12-15,17-18H,6-10,25H2,1-5H3,(H,28,35)/t18-/m0/s1. The maximum absolute atomic E-state index is 13.7. The lowest BCUT2D eigenvalue weighted by Crippen LogP contribution is -2.47. The van der Waals surface area contributed by atoms with Crippen molar-refractivity contribution in [3.05, 3.63) is 28.8 Å². The van der Waals surface area contributed by atoms with Gasteiger partial charge in [-0.25, -0.2) is 20.6 Å². The Morgan fingerprint density at radius 3 is 2.44 bits per heavy atom. The van der Waals surface area contributed by atoms with Crippen molar-refractivity contribution in [2.24, 2.45) is 17.7 Å². The Morgan fingerprint density at radius 1 is 1.22 bits per heavy atom. The number of anilines is 1. The van der Waals surface area contributed by atoms with Gasteiger partial charge in [0.2, 0.25) is 6.29 Å². The molecule has 1 radical (unpaired) electrons. The summed E-state index contributed by atoms with van der Waals surface area (Å²) in [7, 11) is 0. The third kappa shape index (κ3) is 5.81. The van der Waals surface area contributed by atoms with Crippen LogP contribution >= 0.6 is 11.3 Å². The average molecular weight is 517 g/mol. The molecule has 0 spiro atoms. The van der Waals surface area contributed by atoms with Gasteiger partial charge in [-0.05, 0) is 44.4 Å². The van der Waals surface area contributed by atoms with E-state index in [-0.39, 0.29) is 29.4 Å². The number of carbonyl (C=O) groups is 3. The van der Waals surface area contributed by atoms with Gasteiger partial charge < -0.3 is 4.90 Å². The third-order valence-electron chi connectivity index (χ3n) is 6.17. The largest absolute Gasteiger partial charge is 0.345 e. The summed E-state index contributed by atoms with van der Waals surface area (Å²) < 4.78 is 1.06. The Balaban J connectivity index is 1.98. The van der Waals surface area contributed by atoms with E-state index in [1.54, 1.807) is 5.38 Å². The lowest BCUT2D eigenvalue weighted by molar-refractivity contribution is 0.0565. The topological polar surface area (TPSA) is 144 Å². The number of thiazole rings is 1. The van der Waals surface area contributed by atoms with Crippen molar-refractivity contribution < 1.29 is 19.2 Å². The zero-order chi connectivity index (χ0) is 26.6. The SMILES string of the molecule is Cc1c(C(=O)N(C(=O)c2csc(N(CC(C)C)C3CCC3)n2)[C@H]([C]=O)CC(C)C)ncn1C(=O)NN. The van der Waals surface area contributed by atoms with Crippen molar-refractivity contribution in [3.8, 4) is 0 Å². The quantitative estimate of drug-likeness (QED) is 0.212. The molecule has 12 heteroatoms. The zero-order valence-electron chi connectivity index (χ0n) is 21.4. The Morgan fingerprint density at radius 2 is 1.92 bits per heavy atom. The first kappa shape index (κ1) is 27.5. The van der Waals surface area contributed by atoms with Gasteiger partial charge in [-0.3, -0.25) is 29.3 Å². The molecule has 1 fully saturated rings. The second-order valence-corrected chi connectivity index (χ2v) is 10.7. The summed E-state index contributed by atoms with van der Waals surface area (Å²) in [5, 5.41) is 2.34. The van der Waals surface area contributed by atoms with Crippen LogP contribution in [0.2, 0.25) is 0 Å². The van der Waals surface area contributed by atoms with Gasteiger partial charge in [0.1, 0.15) is 23.8 Å². The molecule has 0 aliphatic heterocycles. The first-order valence-corrected chi connectivity index (χ1v) is 13.0. The highest BCUT2D eigenvalue weighted by atomic mass is 32.1. The van der Waals surface area contributed by atoms with Crippen molar-refractivity contribution in [2.75, 3.05) is 11.4 Å². The van der Waals surface area contributed by atoms with E-state index in [1.807, 2.05) is 25.6 Å². The number of nitrogen functional groups attached to an aromatic ring is 1. The molecule has 1 saturated carbocycles. The van der Waals surface area contributed by atoms with E-state index < -0.39 is 23.9 Å². The van der Waals surface area contributed by atoms with Crippen LogP contribution in [0.5, 0.6) is 0 Å². The minimum absolute atomic E-state index is 0.00682. The van der Waals surface area contributed by atoms with Gasteiger partial charge in [-0.1, -0.05) is 27.7 Å². The van der Waals surface area contributed by atoms with E-state index in [9.17, 15) is 19.2 Å². The number of hydrazine groups is 1. The molecule has 0 unspecified atom stereocenters. The predicted octanol–water partition coefficient (Wildman–Crippen LogP) is 2.90. The molecule has 36 heavy (non-hydrogen) atoms. The van der Waals surface area contributed by atoms with Crippen LogP contribution in [0.3, 0.4) is 0 Å². The number of nitrogens with two attached hydrogens (primary N) is 1. The van der Waals surface area contributed by atoms with Gasteiger partial charge in [0, 0.05) is 18.0 Å². The highest BCUT2D eigenvalue weighted by molar-refractivity contribution is 7.14. The number of carbonyl (C=O) groups excluding carboxylic acids is 4. The molecular weight excluding hydrogens is 482 g/mol. The molecule has 0 bridgehead atoms. The van der Waals surface area contributed by atoms with Crippen LogP contribution in [-0.2, 0) is 4.79 Å². The minimum atomic E-state index is -1.14. The molecule has 1 atom stereocenters. The summed E-state index contributed by atoms with van der Waals surface area (Å²) in [5.74, 6) is 4.11. The predicted molar refractivity (Wildman–Crippen MR) is 136 cm³/mol. The number of aromatic nitrogens is 3. The van der Waals surface area contributed by atoms with E-state index in [1.165, 1.54) is 24.7 Å². The molecule has 3 N–H and O–H groups in total. The lowest BCUT2D eigenvalue weighted by atomic mass is 9.91. The van der Waals surface area contributed by atoms with Crippen molar-refractivity contribution in [2.45, 2.75) is 72.4 Å². The lowest BCUT2D eigenvalue weighted by Gasteiger charge is -2.38. The average Bonchev–Trinajstić information content (AvgIpc) is 3.42. The Bertz CT molecular complexity index is 1110. The summed E-state index contributed by atoms with van der Waals surface area (Å²) >= 11 is 1.35. The van der Waals surface area contributed by atoms with Crippen LogP contribution in [0.25, 0.3) is 0 Å². The zero-order valence-corrected chi connectivity index (χ0v) is 22.2. The van der Waals surface area contributed by atoms with Gasteiger partial charge >= 0.3 is 6.03 Å². The van der Waals surface area contributed by atoms with E-state index in [0.29, 0.717) is 12.0 Å². The monoisotopic (exact) mass is 516 g/mol. The Hall–Kier alpha value is -3.12. The van der Waals surface area contributed by atoms with Crippen molar-refractivity contribution in [3.63, 3.8) is 0 Å². The number of nitrogens with one attached hydrogen (secondary N) is 1. The number of imidazole rings is 1. The first-order chi connectivity index (χ1) is 17.1. The second-order valence-electron chi connectivity index (χ2n) is 9.89. The fraction of sp³-hybridized carbons (Fsp3) is 0.583. The smallest absolute Gasteiger partial charge is 0.341 e. The van der Waals surface area contributed by atoms with Gasteiger partial charge in [-0.2, -0.15) is 0 Å². The molecule has 2 aromatic heterocycles. The van der Waals surface area contributed by atoms with Crippen LogP contribution in [-0.4, -0.2) is 62.2 Å². The van der Waals surface area contributed by atoms with E-state index in [2.05, 4.69) is 28.7 Å². The summed E-state index contributed by atoms with van der Waals surface area (Å²) in [6, 6.07) is -1.44. The minimum Gasteiger partial charge on any atom is -0.345 e. The van der Waals surface area contributed by atoms with Crippen LogP contribution in [0.15, 0.2) is 11.7 Å². The van der Waals surface area contributed by atoms with Crippen LogP contribution in [0, 0.1) is 18.8 Å². The maximum Gasteiger partial charge on any atom is 0.341 e. The van der Waals surface area contributed by atoms with Crippen molar-refractivity contribution in [1.29, 1.82) is 0 Å². The molecule has 1 aliphatic carbocycles. The molecule has 2 aromatic rings. The van der Waals surface area contributed by atoms with Crippen LogP contribution in [0.1, 0.15) is 80.0 Å². The summed E-state index contributed by atoms with van der Waals surface area (Å²) in [5.41, 5.74) is 2.10. The molecule has 0 aromatic carbocycles. The van der Waals surface area contributed by atoms with Crippen LogP contribution < -0.4 is 16.2 Å². The molecule has 3 rings (SSSR count). The Labute approximate surface area is 215 Å². The molecule has 1 aliphatic rings. The second kappa shape index (κ2) is 11.7. The number of amides is 3. The molecule has 0 saturated heterocycles. The van der Waals surface area contributed by atoms with Gasteiger partial charge in [0.15, 0.2) is 5.13 Å². The molecule has 2 heterocycles. The van der Waals surface area contributed by atoms with E-state index >= 15 is 0 Å². The number of imide groups is 1. The Kier molecular flexibility index (Phi) is 8.96. The molecular formula is C24H34N7O4S. The number of nitrogens with zero attached hydrogens (tertiary/aromatic N) is 5. The highest BCUT2D eigenvalue weighted by Crippen LogP contribution is 2.33. The molecule has 11 nitrogen and oxygen atoms in total. The summed E-state index contributed by atoms with van der Waals surface area (Å²) in [6.45, 7) is 10.3. The number of hydrogen-bond donors (Lipinski definition) is 2. The number of rotatable bonds is 10. The first-order valence-electron chi connectivity index (χ1n) is 12.1. The van der Waals surface area contributed by atoms with E-state index in [0.717, 1.165) is 40.3 Å². The van der Waals surface area contributed by atoms with Crippen LogP contribution in [0.4, 0.5) is 9.93 Å².